The Kier molecular flexibility index (Phi) is 4.54. The van der Waals surface area contributed by atoms with Crippen molar-refractivity contribution < 1.29 is 9.53 Å². The molecule has 3 unspecified atom stereocenters. The number of hydrogen-bond donors (Lipinski definition) is 1. The van der Waals surface area contributed by atoms with Gasteiger partial charge in [-0.15, -0.1) is 0 Å². The standard InChI is InChI=1S/C16H29NO2/c1-11-14(17)9-8-13(16(11,2)3)15(18)19-10-12-6-4-5-7-12/h11-14H,4-10,17H2,1-3H3. The van der Waals surface area contributed by atoms with Gasteiger partial charge >= 0.3 is 5.97 Å². The van der Waals surface area contributed by atoms with Gasteiger partial charge in [-0.05, 0) is 42.9 Å². The SMILES string of the molecule is CC1C(N)CCC(C(=O)OCC2CCCC2)C1(C)C. The minimum absolute atomic E-state index is 0.00986. The van der Waals surface area contributed by atoms with E-state index >= 15 is 0 Å². The van der Waals surface area contributed by atoms with Crippen molar-refractivity contribution in [2.75, 3.05) is 6.61 Å². The van der Waals surface area contributed by atoms with Gasteiger partial charge in [0, 0.05) is 6.04 Å². The van der Waals surface area contributed by atoms with E-state index in [0.717, 1.165) is 12.8 Å². The maximum Gasteiger partial charge on any atom is 0.309 e. The predicted molar refractivity (Wildman–Crippen MR) is 76.6 cm³/mol. The topological polar surface area (TPSA) is 52.3 Å². The van der Waals surface area contributed by atoms with E-state index in [1.807, 2.05) is 0 Å². The van der Waals surface area contributed by atoms with Crippen LogP contribution in [0.4, 0.5) is 0 Å². The third-order valence-electron chi connectivity index (χ3n) is 5.72. The molecule has 3 atom stereocenters. The molecule has 0 aromatic heterocycles. The number of rotatable bonds is 3. The van der Waals surface area contributed by atoms with Crippen LogP contribution in [-0.4, -0.2) is 18.6 Å². The highest BCUT2D eigenvalue weighted by Crippen LogP contribution is 2.45. The van der Waals surface area contributed by atoms with Crippen LogP contribution in [0.5, 0.6) is 0 Å². The second kappa shape index (κ2) is 5.82. The van der Waals surface area contributed by atoms with Crippen LogP contribution < -0.4 is 5.73 Å². The number of ether oxygens (including phenoxy) is 1. The van der Waals surface area contributed by atoms with E-state index in [1.54, 1.807) is 0 Å². The van der Waals surface area contributed by atoms with Crippen molar-refractivity contribution in [3.8, 4) is 0 Å². The number of carbonyl (C=O) groups excluding carboxylic acids is 1. The Morgan fingerprint density at radius 3 is 2.47 bits per heavy atom. The first-order chi connectivity index (χ1) is 8.93. The molecule has 0 radical (unpaired) electrons. The van der Waals surface area contributed by atoms with Crippen LogP contribution in [-0.2, 0) is 9.53 Å². The second-order valence-electron chi connectivity index (χ2n) is 7.18. The molecule has 2 aliphatic rings. The van der Waals surface area contributed by atoms with Gasteiger partial charge in [0.05, 0.1) is 12.5 Å². The molecule has 3 nitrogen and oxygen atoms in total. The second-order valence-corrected chi connectivity index (χ2v) is 7.18. The van der Waals surface area contributed by atoms with E-state index in [1.165, 1.54) is 25.7 Å². The van der Waals surface area contributed by atoms with Gasteiger partial charge < -0.3 is 10.5 Å². The molecule has 0 bridgehead atoms. The van der Waals surface area contributed by atoms with Gasteiger partial charge in [0.1, 0.15) is 0 Å². The summed E-state index contributed by atoms with van der Waals surface area (Å²) in [5.74, 6) is 1.000. The first kappa shape index (κ1) is 14.8. The van der Waals surface area contributed by atoms with Crippen molar-refractivity contribution in [3.05, 3.63) is 0 Å². The average Bonchev–Trinajstić information content (AvgIpc) is 2.86. The molecule has 0 spiro atoms. The summed E-state index contributed by atoms with van der Waals surface area (Å²) in [6.45, 7) is 7.13. The highest BCUT2D eigenvalue weighted by molar-refractivity contribution is 5.73. The molecular weight excluding hydrogens is 238 g/mol. The van der Waals surface area contributed by atoms with E-state index in [2.05, 4.69) is 20.8 Å². The minimum Gasteiger partial charge on any atom is -0.465 e. The number of esters is 1. The van der Waals surface area contributed by atoms with Crippen molar-refractivity contribution in [3.63, 3.8) is 0 Å². The lowest BCUT2D eigenvalue weighted by Gasteiger charge is -2.45. The first-order valence-electron chi connectivity index (χ1n) is 7.85. The summed E-state index contributed by atoms with van der Waals surface area (Å²) in [7, 11) is 0. The van der Waals surface area contributed by atoms with Crippen molar-refractivity contribution in [1.82, 2.24) is 0 Å². The molecule has 0 aliphatic heterocycles. The number of nitrogens with two attached hydrogens (primary N) is 1. The molecule has 2 rings (SSSR count). The Morgan fingerprint density at radius 1 is 1.21 bits per heavy atom. The molecule has 2 fully saturated rings. The summed E-state index contributed by atoms with van der Waals surface area (Å²) in [5, 5.41) is 0. The molecule has 2 N–H and O–H groups in total. The summed E-state index contributed by atoms with van der Waals surface area (Å²) < 4.78 is 5.60. The molecule has 2 aliphatic carbocycles. The summed E-state index contributed by atoms with van der Waals surface area (Å²) in [5.41, 5.74) is 6.09. The Bertz CT molecular complexity index is 321. The molecule has 110 valence electrons. The summed E-state index contributed by atoms with van der Waals surface area (Å²) >= 11 is 0. The average molecular weight is 267 g/mol. The Morgan fingerprint density at radius 2 is 1.84 bits per heavy atom. The van der Waals surface area contributed by atoms with Crippen molar-refractivity contribution in [2.24, 2.45) is 28.9 Å². The predicted octanol–water partition coefficient (Wildman–Crippen LogP) is 3.12. The van der Waals surface area contributed by atoms with Crippen LogP contribution in [0, 0.1) is 23.2 Å². The van der Waals surface area contributed by atoms with Crippen molar-refractivity contribution >= 4 is 5.97 Å². The Hall–Kier alpha value is -0.570. The largest absolute Gasteiger partial charge is 0.465 e. The molecule has 0 aromatic rings. The van der Waals surface area contributed by atoms with Crippen molar-refractivity contribution in [1.29, 1.82) is 0 Å². The van der Waals surface area contributed by atoms with Crippen LogP contribution in [0.2, 0.25) is 0 Å². The fourth-order valence-corrected chi connectivity index (χ4v) is 3.75. The third kappa shape index (κ3) is 3.13. The zero-order valence-electron chi connectivity index (χ0n) is 12.7. The Balaban J connectivity index is 1.90. The molecule has 2 saturated carbocycles. The third-order valence-corrected chi connectivity index (χ3v) is 5.72. The molecule has 3 heteroatoms. The maximum absolute atomic E-state index is 12.4. The quantitative estimate of drug-likeness (QED) is 0.799. The zero-order valence-corrected chi connectivity index (χ0v) is 12.7. The summed E-state index contributed by atoms with van der Waals surface area (Å²) in [4.78, 5) is 12.4. The van der Waals surface area contributed by atoms with E-state index < -0.39 is 0 Å². The van der Waals surface area contributed by atoms with Crippen LogP contribution in [0.25, 0.3) is 0 Å². The highest BCUT2D eigenvalue weighted by Gasteiger charge is 2.45. The van der Waals surface area contributed by atoms with Gasteiger partial charge in [-0.2, -0.15) is 0 Å². The maximum atomic E-state index is 12.4. The van der Waals surface area contributed by atoms with Crippen LogP contribution in [0.15, 0.2) is 0 Å². The zero-order chi connectivity index (χ0) is 14.0. The van der Waals surface area contributed by atoms with Gasteiger partial charge in [0.15, 0.2) is 0 Å². The van der Waals surface area contributed by atoms with E-state index in [-0.39, 0.29) is 23.3 Å². The van der Waals surface area contributed by atoms with Crippen molar-refractivity contribution in [2.45, 2.75) is 65.3 Å². The molecule has 0 amide bonds. The van der Waals surface area contributed by atoms with Crippen LogP contribution >= 0.6 is 0 Å². The number of carbonyl (C=O) groups is 1. The minimum atomic E-state index is -0.0512. The van der Waals surface area contributed by atoms with E-state index in [0.29, 0.717) is 18.4 Å². The lowest BCUT2D eigenvalue weighted by molar-refractivity contribution is -0.158. The van der Waals surface area contributed by atoms with Crippen LogP contribution in [0.3, 0.4) is 0 Å². The molecule has 0 aromatic carbocycles. The summed E-state index contributed by atoms with van der Waals surface area (Å²) in [6, 6.07) is 0.217. The monoisotopic (exact) mass is 267 g/mol. The fourth-order valence-electron chi connectivity index (χ4n) is 3.75. The van der Waals surface area contributed by atoms with Gasteiger partial charge in [0.25, 0.3) is 0 Å². The van der Waals surface area contributed by atoms with E-state index in [4.69, 9.17) is 10.5 Å². The molecule has 0 saturated heterocycles. The molecule has 0 heterocycles. The first-order valence-corrected chi connectivity index (χ1v) is 7.85. The van der Waals surface area contributed by atoms with E-state index in [9.17, 15) is 4.79 Å². The van der Waals surface area contributed by atoms with Gasteiger partial charge in [-0.3, -0.25) is 4.79 Å². The fraction of sp³-hybridized carbons (Fsp3) is 0.938. The summed E-state index contributed by atoms with van der Waals surface area (Å²) in [6.07, 6.45) is 6.85. The molecule has 19 heavy (non-hydrogen) atoms. The van der Waals surface area contributed by atoms with Gasteiger partial charge in [0.2, 0.25) is 0 Å². The number of hydrogen-bond acceptors (Lipinski definition) is 3. The van der Waals surface area contributed by atoms with Gasteiger partial charge in [-0.1, -0.05) is 33.6 Å². The Labute approximate surface area is 117 Å². The van der Waals surface area contributed by atoms with Gasteiger partial charge in [-0.25, -0.2) is 0 Å². The lowest BCUT2D eigenvalue weighted by Crippen LogP contribution is -2.49. The normalized spacial score (nSPS) is 35.3. The lowest BCUT2D eigenvalue weighted by atomic mass is 9.61. The molecular formula is C16H29NO2. The highest BCUT2D eigenvalue weighted by atomic mass is 16.5. The van der Waals surface area contributed by atoms with Crippen LogP contribution in [0.1, 0.15) is 59.3 Å². The smallest absolute Gasteiger partial charge is 0.309 e.